The molecule has 106 valence electrons. The van der Waals surface area contributed by atoms with Gasteiger partial charge in [-0.3, -0.25) is 9.59 Å². The first-order chi connectivity index (χ1) is 8.60. The molecule has 4 heteroatoms. The second kappa shape index (κ2) is 11.1. The average Bonchev–Trinajstić information content (AvgIpc) is 2.31. The third-order valence-corrected chi connectivity index (χ3v) is 2.81. The first-order valence-electron chi connectivity index (χ1n) is 7.01. The molecule has 0 fully saturated rings. The Bertz CT molecular complexity index is 238. The zero-order valence-corrected chi connectivity index (χ0v) is 11.6. The number of rotatable bonds is 11. The zero-order valence-electron chi connectivity index (χ0n) is 11.6. The van der Waals surface area contributed by atoms with E-state index in [-0.39, 0.29) is 12.4 Å². The summed E-state index contributed by atoms with van der Waals surface area (Å²) in [6.45, 7) is 4.13. The number of unbranched alkanes of at least 4 members (excludes halogenated alkanes) is 4. The lowest BCUT2D eigenvalue weighted by molar-refractivity contribution is -0.153. The fraction of sp³-hybridized carbons (Fsp3) is 0.857. The van der Waals surface area contributed by atoms with Crippen molar-refractivity contribution < 1.29 is 19.4 Å². The summed E-state index contributed by atoms with van der Waals surface area (Å²) >= 11 is 0. The van der Waals surface area contributed by atoms with Crippen molar-refractivity contribution >= 4 is 11.9 Å². The molecule has 0 aliphatic heterocycles. The number of aliphatic carboxylic acids is 1. The van der Waals surface area contributed by atoms with Crippen molar-refractivity contribution in [1.82, 2.24) is 0 Å². The van der Waals surface area contributed by atoms with E-state index in [2.05, 4.69) is 6.92 Å². The van der Waals surface area contributed by atoms with Crippen molar-refractivity contribution in [2.24, 2.45) is 0 Å². The predicted molar refractivity (Wildman–Crippen MR) is 70.4 cm³/mol. The van der Waals surface area contributed by atoms with Crippen LogP contribution in [0.2, 0.25) is 0 Å². The summed E-state index contributed by atoms with van der Waals surface area (Å²) < 4.78 is 5.22. The van der Waals surface area contributed by atoms with E-state index >= 15 is 0 Å². The fourth-order valence-corrected chi connectivity index (χ4v) is 1.76. The van der Waals surface area contributed by atoms with Crippen molar-refractivity contribution in [2.75, 3.05) is 0 Å². The van der Waals surface area contributed by atoms with E-state index in [0.29, 0.717) is 12.8 Å². The largest absolute Gasteiger partial charge is 0.481 e. The van der Waals surface area contributed by atoms with Gasteiger partial charge in [0.1, 0.15) is 6.10 Å². The number of carboxylic acids is 1. The van der Waals surface area contributed by atoms with Crippen LogP contribution in [0.3, 0.4) is 0 Å². The minimum Gasteiger partial charge on any atom is -0.481 e. The van der Waals surface area contributed by atoms with E-state index < -0.39 is 12.1 Å². The van der Waals surface area contributed by atoms with Gasteiger partial charge in [0.2, 0.25) is 0 Å². The van der Waals surface area contributed by atoms with Crippen molar-refractivity contribution in [1.29, 1.82) is 0 Å². The Hall–Kier alpha value is -1.06. The van der Waals surface area contributed by atoms with Crippen molar-refractivity contribution in [3.8, 4) is 0 Å². The Morgan fingerprint density at radius 2 is 1.72 bits per heavy atom. The SMILES string of the molecule is CCCCCCC(CC(=O)O)OC(=O)CCCC. The monoisotopic (exact) mass is 258 g/mol. The molecule has 0 saturated carbocycles. The van der Waals surface area contributed by atoms with Gasteiger partial charge in [-0.1, -0.05) is 39.5 Å². The summed E-state index contributed by atoms with van der Waals surface area (Å²) in [5.74, 6) is -1.17. The van der Waals surface area contributed by atoms with E-state index in [4.69, 9.17) is 9.84 Å². The Morgan fingerprint density at radius 3 is 2.28 bits per heavy atom. The summed E-state index contributed by atoms with van der Waals surface area (Å²) in [5, 5.41) is 8.78. The molecule has 0 radical (unpaired) electrons. The predicted octanol–water partition coefficient (Wildman–Crippen LogP) is 3.53. The second-order valence-electron chi connectivity index (χ2n) is 4.66. The first-order valence-corrected chi connectivity index (χ1v) is 7.01. The maximum absolute atomic E-state index is 11.5. The van der Waals surface area contributed by atoms with Gasteiger partial charge < -0.3 is 9.84 Å². The van der Waals surface area contributed by atoms with Crippen molar-refractivity contribution in [2.45, 2.75) is 77.7 Å². The highest BCUT2D eigenvalue weighted by Crippen LogP contribution is 2.13. The van der Waals surface area contributed by atoms with E-state index in [1.54, 1.807) is 0 Å². The van der Waals surface area contributed by atoms with Gasteiger partial charge in [-0.25, -0.2) is 0 Å². The van der Waals surface area contributed by atoms with Crippen molar-refractivity contribution in [3.05, 3.63) is 0 Å². The number of carbonyl (C=O) groups is 2. The lowest BCUT2D eigenvalue weighted by Gasteiger charge is -2.16. The van der Waals surface area contributed by atoms with E-state index in [1.807, 2.05) is 6.92 Å². The maximum atomic E-state index is 11.5. The highest BCUT2D eigenvalue weighted by Gasteiger charge is 2.17. The third kappa shape index (κ3) is 10.1. The summed E-state index contributed by atoms with van der Waals surface area (Å²) in [4.78, 5) is 22.2. The number of ether oxygens (including phenoxy) is 1. The molecule has 0 amide bonds. The van der Waals surface area contributed by atoms with Crippen LogP contribution in [-0.4, -0.2) is 23.1 Å². The van der Waals surface area contributed by atoms with Gasteiger partial charge in [0.15, 0.2) is 0 Å². The molecule has 0 aromatic heterocycles. The highest BCUT2D eigenvalue weighted by atomic mass is 16.5. The molecule has 0 aromatic rings. The molecule has 1 N–H and O–H groups in total. The Labute approximate surface area is 110 Å². The standard InChI is InChI=1S/C14H26O4/c1-3-5-7-8-9-12(11-13(15)16)18-14(17)10-6-4-2/h12H,3-11H2,1-2H3,(H,15,16). The van der Waals surface area contributed by atoms with Crippen LogP contribution in [0.1, 0.15) is 71.6 Å². The molecular weight excluding hydrogens is 232 g/mol. The van der Waals surface area contributed by atoms with Crippen LogP contribution in [0, 0.1) is 0 Å². The summed E-state index contributed by atoms with van der Waals surface area (Å²) in [6.07, 6.45) is 6.53. The van der Waals surface area contributed by atoms with Crippen LogP contribution >= 0.6 is 0 Å². The Balaban J connectivity index is 3.97. The van der Waals surface area contributed by atoms with Crippen LogP contribution in [-0.2, 0) is 14.3 Å². The van der Waals surface area contributed by atoms with Gasteiger partial charge in [0.25, 0.3) is 0 Å². The van der Waals surface area contributed by atoms with Crippen molar-refractivity contribution in [3.63, 3.8) is 0 Å². The lowest BCUT2D eigenvalue weighted by atomic mass is 10.1. The fourth-order valence-electron chi connectivity index (χ4n) is 1.76. The molecule has 0 spiro atoms. The first kappa shape index (κ1) is 16.9. The van der Waals surface area contributed by atoms with Gasteiger partial charge in [-0.2, -0.15) is 0 Å². The van der Waals surface area contributed by atoms with E-state index in [0.717, 1.165) is 38.5 Å². The van der Waals surface area contributed by atoms with Crippen LogP contribution in [0.25, 0.3) is 0 Å². The summed E-state index contributed by atoms with van der Waals surface area (Å²) in [5.41, 5.74) is 0. The third-order valence-electron chi connectivity index (χ3n) is 2.81. The quantitative estimate of drug-likeness (QED) is 0.455. The van der Waals surface area contributed by atoms with Gasteiger partial charge >= 0.3 is 11.9 Å². The van der Waals surface area contributed by atoms with Gasteiger partial charge in [0.05, 0.1) is 6.42 Å². The summed E-state index contributed by atoms with van der Waals surface area (Å²) in [6, 6.07) is 0. The molecule has 0 rings (SSSR count). The molecule has 0 heterocycles. The van der Waals surface area contributed by atoms with E-state index in [1.165, 1.54) is 0 Å². The molecule has 0 aliphatic rings. The van der Waals surface area contributed by atoms with Gasteiger partial charge in [-0.05, 0) is 19.3 Å². The minimum absolute atomic E-state index is 0.0794. The molecule has 1 unspecified atom stereocenters. The zero-order chi connectivity index (χ0) is 13.8. The Kier molecular flexibility index (Phi) is 10.4. The average molecular weight is 258 g/mol. The van der Waals surface area contributed by atoms with Crippen LogP contribution in [0.15, 0.2) is 0 Å². The highest BCUT2D eigenvalue weighted by molar-refractivity contribution is 5.71. The molecular formula is C14H26O4. The van der Waals surface area contributed by atoms with Crippen LogP contribution < -0.4 is 0 Å². The molecule has 1 atom stereocenters. The number of hydrogen-bond acceptors (Lipinski definition) is 3. The van der Waals surface area contributed by atoms with Gasteiger partial charge in [-0.15, -0.1) is 0 Å². The molecule has 0 saturated heterocycles. The van der Waals surface area contributed by atoms with Crippen LogP contribution in [0.4, 0.5) is 0 Å². The molecule has 0 aliphatic carbocycles. The normalized spacial score (nSPS) is 12.1. The summed E-state index contributed by atoms with van der Waals surface area (Å²) in [7, 11) is 0. The minimum atomic E-state index is -0.904. The maximum Gasteiger partial charge on any atom is 0.307 e. The number of carbonyl (C=O) groups excluding carboxylic acids is 1. The smallest absolute Gasteiger partial charge is 0.307 e. The molecule has 0 aromatic carbocycles. The van der Waals surface area contributed by atoms with E-state index in [9.17, 15) is 9.59 Å². The topological polar surface area (TPSA) is 63.6 Å². The van der Waals surface area contributed by atoms with Gasteiger partial charge in [0, 0.05) is 6.42 Å². The number of carboxylic acid groups (broad SMARTS) is 1. The molecule has 18 heavy (non-hydrogen) atoms. The Morgan fingerprint density at radius 1 is 1.06 bits per heavy atom. The molecule has 0 bridgehead atoms. The number of hydrogen-bond donors (Lipinski definition) is 1. The number of esters is 1. The lowest BCUT2D eigenvalue weighted by Crippen LogP contribution is -2.21. The molecule has 4 nitrogen and oxygen atoms in total. The second-order valence-corrected chi connectivity index (χ2v) is 4.66. The van der Waals surface area contributed by atoms with Crippen LogP contribution in [0.5, 0.6) is 0 Å².